The highest BCUT2D eigenvalue weighted by molar-refractivity contribution is 6.04. The Morgan fingerprint density at radius 1 is 1.03 bits per heavy atom. The first-order chi connectivity index (χ1) is 17.9. The van der Waals surface area contributed by atoms with Crippen LogP contribution in [0.15, 0.2) is 53.1 Å². The molecule has 3 aromatic rings. The molecule has 38 heavy (non-hydrogen) atoms. The normalized spacial score (nSPS) is 14.4. The first-order valence-corrected chi connectivity index (χ1v) is 12.0. The molecule has 1 fully saturated rings. The summed E-state index contributed by atoms with van der Waals surface area (Å²) in [7, 11) is 0. The molecule has 2 amide bonds. The number of nitrogens with one attached hydrogen (secondary N) is 1. The molecule has 1 aromatic carbocycles. The average Bonchev–Trinajstić information content (AvgIpc) is 3.35. The highest BCUT2D eigenvalue weighted by Gasteiger charge is 2.42. The van der Waals surface area contributed by atoms with Gasteiger partial charge in [0.15, 0.2) is 5.69 Å². The number of oxazole rings is 1. The third kappa shape index (κ3) is 6.61. The molecule has 9 nitrogen and oxygen atoms in total. The summed E-state index contributed by atoms with van der Waals surface area (Å²) in [6, 6.07) is 11.2. The van der Waals surface area contributed by atoms with E-state index in [2.05, 4.69) is 15.3 Å². The van der Waals surface area contributed by atoms with Crippen LogP contribution >= 0.6 is 0 Å². The molecule has 0 saturated carbocycles. The smallest absolute Gasteiger partial charge is 0.449 e. The number of halogens is 3. The Hall–Kier alpha value is -4.09. The molecule has 4 rings (SSSR count). The minimum Gasteiger partial charge on any atom is -0.449 e. The van der Waals surface area contributed by atoms with Crippen molar-refractivity contribution in [2.24, 2.45) is 5.41 Å². The predicted molar refractivity (Wildman–Crippen MR) is 134 cm³/mol. The summed E-state index contributed by atoms with van der Waals surface area (Å²) < 4.78 is 50.9. The van der Waals surface area contributed by atoms with Gasteiger partial charge in [-0.15, -0.1) is 0 Å². The number of carbonyl (C=O) groups excluding carboxylic acids is 2. The van der Waals surface area contributed by atoms with Crippen LogP contribution in [0.3, 0.4) is 0 Å². The largest absolute Gasteiger partial charge is 0.452 e. The minimum atomic E-state index is -4.91. The van der Waals surface area contributed by atoms with Gasteiger partial charge >= 0.3 is 12.3 Å². The molecule has 1 N–H and O–H groups in total. The highest BCUT2D eigenvalue weighted by Crippen LogP contribution is 2.35. The number of amides is 2. The number of nitrogens with zero attached hydrogens (tertiary/aromatic N) is 4. The van der Waals surface area contributed by atoms with Gasteiger partial charge in [-0.2, -0.15) is 13.2 Å². The Morgan fingerprint density at radius 2 is 1.71 bits per heavy atom. The predicted octanol–water partition coefficient (Wildman–Crippen LogP) is 5.31. The molecule has 12 heteroatoms. The van der Waals surface area contributed by atoms with Crippen molar-refractivity contribution in [2.75, 3.05) is 43.0 Å². The van der Waals surface area contributed by atoms with E-state index in [9.17, 15) is 22.8 Å². The molecule has 0 aliphatic carbocycles. The molecule has 1 aliphatic rings. The van der Waals surface area contributed by atoms with Crippen LogP contribution in [0.4, 0.5) is 29.5 Å². The summed E-state index contributed by atoms with van der Waals surface area (Å²) in [5.41, 5.74) is -0.480. The standard InChI is InChI=1S/C26H28F3N5O4/c1-25(2,3)16-37-24(36)34-13-11-33(12-14-34)19-10-9-18(15-30-19)31-22(35)20-21(26(27,28)29)38-23(32-20)17-7-5-4-6-8-17/h4-10,15H,11-14,16H2,1-3H3,(H,31,35). The monoisotopic (exact) mass is 531 g/mol. The summed E-state index contributed by atoms with van der Waals surface area (Å²) in [6.07, 6.45) is -3.91. The van der Waals surface area contributed by atoms with Crippen LogP contribution in [0.1, 0.15) is 37.0 Å². The van der Waals surface area contributed by atoms with E-state index >= 15 is 0 Å². The first kappa shape index (κ1) is 27.0. The van der Waals surface area contributed by atoms with E-state index in [1.54, 1.807) is 29.2 Å². The van der Waals surface area contributed by atoms with Crippen molar-refractivity contribution in [1.29, 1.82) is 0 Å². The number of rotatable bonds is 5. The lowest BCUT2D eigenvalue weighted by Crippen LogP contribution is -2.49. The molecule has 1 saturated heterocycles. The molecule has 0 radical (unpaired) electrons. The Morgan fingerprint density at radius 3 is 2.29 bits per heavy atom. The number of pyridine rings is 1. The Kier molecular flexibility index (Phi) is 7.61. The molecular weight excluding hydrogens is 503 g/mol. The van der Waals surface area contributed by atoms with E-state index < -0.39 is 23.5 Å². The van der Waals surface area contributed by atoms with Crippen LogP contribution in [0.2, 0.25) is 0 Å². The lowest BCUT2D eigenvalue weighted by molar-refractivity contribution is -0.153. The van der Waals surface area contributed by atoms with E-state index in [1.807, 2.05) is 25.7 Å². The van der Waals surface area contributed by atoms with Gasteiger partial charge in [-0.1, -0.05) is 39.0 Å². The summed E-state index contributed by atoms with van der Waals surface area (Å²) in [5.74, 6) is -2.25. The van der Waals surface area contributed by atoms with Gasteiger partial charge in [-0.25, -0.2) is 14.8 Å². The van der Waals surface area contributed by atoms with E-state index in [4.69, 9.17) is 9.15 Å². The van der Waals surface area contributed by atoms with Gasteiger partial charge in [0.2, 0.25) is 11.7 Å². The van der Waals surface area contributed by atoms with Crippen molar-refractivity contribution in [1.82, 2.24) is 14.9 Å². The van der Waals surface area contributed by atoms with Gasteiger partial charge in [0, 0.05) is 31.7 Å². The van der Waals surface area contributed by atoms with E-state index in [0.717, 1.165) is 0 Å². The van der Waals surface area contributed by atoms with Crippen LogP contribution in [-0.4, -0.2) is 59.7 Å². The number of alkyl halides is 3. The number of hydrogen-bond donors (Lipinski definition) is 1. The van der Waals surface area contributed by atoms with E-state index in [-0.39, 0.29) is 23.1 Å². The zero-order valence-corrected chi connectivity index (χ0v) is 21.2. The molecule has 0 bridgehead atoms. The Bertz CT molecular complexity index is 1260. The van der Waals surface area contributed by atoms with Gasteiger partial charge in [-0.3, -0.25) is 4.79 Å². The van der Waals surface area contributed by atoms with Gasteiger partial charge in [0.25, 0.3) is 5.91 Å². The van der Waals surface area contributed by atoms with Gasteiger partial charge in [0.05, 0.1) is 18.5 Å². The Labute approximate surface area is 217 Å². The number of benzene rings is 1. The maximum absolute atomic E-state index is 13.5. The van der Waals surface area contributed by atoms with Crippen molar-refractivity contribution in [3.63, 3.8) is 0 Å². The summed E-state index contributed by atoms with van der Waals surface area (Å²) in [4.78, 5) is 36.7. The zero-order valence-electron chi connectivity index (χ0n) is 21.2. The molecule has 202 valence electrons. The lowest BCUT2D eigenvalue weighted by Gasteiger charge is -2.35. The zero-order chi connectivity index (χ0) is 27.5. The van der Waals surface area contributed by atoms with Gasteiger partial charge in [-0.05, 0) is 29.7 Å². The first-order valence-electron chi connectivity index (χ1n) is 12.0. The quantitative estimate of drug-likeness (QED) is 0.476. The number of hydrogen-bond acceptors (Lipinski definition) is 7. The average molecular weight is 532 g/mol. The van der Waals surface area contributed by atoms with E-state index in [0.29, 0.717) is 44.2 Å². The summed E-state index contributed by atoms with van der Waals surface area (Å²) >= 11 is 0. The third-order valence-corrected chi connectivity index (χ3v) is 5.62. The van der Waals surface area contributed by atoms with Crippen LogP contribution in [0.25, 0.3) is 11.5 Å². The third-order valence-electron chi connectivity index (χ3n) is 5.62. The number of aromatic nitrogens is 2. The Balaban J connectivity index is 1.39. The van der Waals surface area contributed by atoms with Crippen LogP contribution in [0.5, 0.6) is 0 Å². The SMILES string of the molecule is CC(C)(C)COC(=O)N1CCN(c2ccc(NC(=O)c3nc(-c4ccccc4)oc3C(F)(F)F)cn2)CC1. The van der Waals surface area contributed by atoms with Crippen LogP contribution < -0.4 is 10.2 Å². The molecule has 0 atom stereocenters. The molecule has 1 aliphatic heterocycles. The van der Waals surface area contributed by atoms with Crippen molar-refractivity contribution >= 4 is 23.5 Å². The van der Waals surface area contributed by atoms with Crippen LogP contribution in [0, 0.1) is 5.41 Å². The van der Waals surface area contributed by atoms with Gasteiger partial charge < -0.3 is 24.3 Å². The molecule has 0 unspecified atom stereocenters. The van der Waals surface area contributed by atoms with E-state index in [1.165, 1.54) is 24.4 Å². The number of carbonyl (C=O) groups is 2. The topological polar surface area (TPSA) is 101 Å². The van der Waals surface area contributed by atoms with Crippen LogP contribution in [-0.2, 0) is 10.9 Å². The number of ether oxygens (including phenoxy) is 1. The highest BCUT2D eigenvalue weighted by atomic mass is 19.4. The summed E-state index contributed by atoms with van der Waals surface area (Å²) in [5, 5.41) is 2.40. The second kappa shape index (κ2) is 10.7. The minimum absolute atomic E-state index is 0.120. The van der Waals surface area contributed by atoms with Crippen molar-refractivity contribution in [3.8, 4) is 11.5 Å². The fourth-order valence-corrected chi connectivity index (χ4v) is 3.70. The molecule has 0 spiro atoms. The molecular formula is C26H28F3N5O4. The van der Waals surface area contributed by atoms with Crippen molar-refractivity contribution < 1.29 is 31.9 Å². The van der Waals surface area contributed by atoms with Crippen molar-refractivity contribution in [3.05, 3.63) is 60.1 Å². The van der Waals surface area contributed by atoms with Crippen molar-refractivity contribution in [2.45, 2.75) is 26.9 Å². The lowest BCUT2D eigenvalue weighted by atomic mass is 9.99. The van der Waals surface area contributed by atoms with Gasteiger partial charge in [0.1, 0.15) is 5.82 Å². The number of anilines is 2. The maximum atomic E-state index is 13.5. The second-order valence-electron chi connectivity index (χ2n) is 10.0. The fourth-order valence-electron chi connectivity index (χ4n) is 3.70. The number of piperazine rings is 1. The second-order valence-corrected chi connectivity index (χ2v) is 10.0. The summed E-state index contributed by atoms with van der Waals surface area (Å²) in [6.45, 7) is 8.25. The molecule has 2 aromatic heterocycles. The fraction of sp³-hybridized carbons (Fsp3) is 0.385. The maximum Gasteiger partial charge on any atom is 0.452 e. The molecule has 3 heterocycles.